The van der Waals surface area contributed by atoms with E-state index >= 15 is 0 Å². The summed E-state index contributed by atoms with van der Waals surface area (Å²) in [6, 6.07) is 0. The summed E-state index contributed by atoms with van der Waals surface area (Å²) in [6.45, 7) is 9.81. The van der Waals surface area contributed by atoms with Gasteiger partial charge in [-0.25, -0.2) is 0 Å². The van der Waals surface area contributed by atoms with Crippen LogP contribution in [0.15, 0.2) is 0 Å². The SMILES string of the molecule is CPOC1CCC2(C)C(CCC3C2CCC2(C)C(C(C)CCC(O)O)CCC32)C1. The highest BCUT2D eigenvalue weighted by atomic mass is 31.1. The monoisotopic (exact) mass is 424 g/mol. The summed E-state index contributed by atoms with van der Waals surface area (Å²) in [6.07, 6.45) is 13.3. The Morgan fingerprint density at radius 1 is 0.931 bits per heavy atom. The third-order valence-corrected chi connectivity index (χ3v) is 11.1. The molecule has 4 rings (SSSR count). The second-order valence-electron chi connectivity index (χ2n) is 11.6. The van der Waals surface area contributed by atoms with Crippen LogP contribution >= 0.6 is 8.81 Å². The first-order chi connectivity index (χ1) is 13.8. The van der Waals surface area contributed by atoms with E-state index in [-0.39, 0.29) is 0 Å². The van der Waals surface area contributed by atoms with E-state index in [0.717, 1.165) is 36.0 Å². The fourth-order valence-electron chi connectivity index (χ4n) is 9.08. The Bertz CT molecular complexity index is 568. The minimum absolute atomic E-state index is 0.480. The summed E-state index contributed by atoms with van der Waals surface area (Å²) in [5.41, 5.74) is 1.03. The van der Waals surface area contributed by atoms with E-state index in [1.165, 1.54) is 57.8 Å². The molecule has 2 N–H and O–H groups in total. The number of rotatable bonds is 6. The highest BCUT2D eigenvalue weighted by Gasteiger charge is 2.60. The minimum atomic E-state index is -1.14. The lowest BCUT2D eigenvalue weighted by Gasteiger charge is -2.61. The first-order valence-electron chi connectivity index (χ1n) is 12.5. The van der Waals surface area contributed by atoms with Gasteiger partial charge < -0.3 is 14.7 Å². The zero-order chi connectivity index (χ0) is 20.8. The van der Waals surface area contributed by atoms with E-state index in [0.29, 0.717) is 38.1 Å². The van der Waals surface area contributed by atoms with Gasteiger partial charge in [0, 0.05) is 8.81 Å². The van der Waals surface area contributed by atoms with Gasteiger partial charge in [0.15, 0.2) is 6.29 Å². The van der Waals surface area contributed by atoms with Crippen LogP contribution in [0.25, 0.3) is 0 Å². The van der Waals surface area contributed by atoms with Crippen LogP contribution in [0.5, 0.6) is 0 Å². The molecule has 4 aliphatic carbocycles. The summed E-state index contributed by atoms with van der Waals surface area (Å²) in [7, 11) is 0.639. The molecule has 4 fully saturated rings. The second kappa shape index (κ2) is 8.68. The highest BCUT2D eigenvalue weighted by Crippen LogP contribution is 2.68. The Morgan fingerprint density at radius 3 is 2.38 bits per heavy atom. The molecule has 4 saturated carbocycles. The fourth-order valence-corrected chi connectivity index (χ4v) is 9.63. The summed E-state index contributed by atoms with van der Waals surface area (Å²) >= 11 is 0. The lowest BCUT2D eigenvalue weighted by molar-refractivity contribution is -0.126. The molecule has 0 saturated heterocycles. The van der Waals surface area contributed by atoms with Crippen LogP contribution in [-0.4, -0.2) is 29.3 Å². The van der Waals surface area contributed by atoms with Crippen molar-refractivity contribution in [3.05, 3.63) is 0 Å². The largest absolute Gasteiger partial charge is 0.368 e. The predicted octanol–water partition coefficient (Wildman–Crippen LogP) is 5.98. The standard InChI is InChI=1S/C25H45O3P/c1-16(5-10-23(26)27)20-8-9-21-19-7-6-17-15-18(28-29-4)11-13-24(17,2)22(19)12-14-25(20,21)3/h16-23,26-27,29H,5-15H2,1-4H3. The molecule has 29 heavy (non-hydrogen) atoms. The van der Waals surface area contributed by atoms with Crippen molar-refractivity contribution in [1.82, 2.24) is 0 Å². The van der Waals surface area contributed by atoms with Crippen LogP contribution in [0.3, 0.4) is 0 Å². The van der Waals surface area contributed by atoms with Crippen LogP contribution in [-0.2, 0) is 4.52 Å². The van der Waals surface area contributed by atoms with Gasteiger partial charge in [-0.2, -0.15) is 0 Å². The molecule has 0 spiro atoms. The molecule has 0 bridgehead atoms. The lowest BCUT2D eigenvalue weighted by atomic mass is 9.44. The lowest BCUT2D eigenvalue weighted by Crippen LogP contribution is -2.54. The number of fused-ring (bicyclic) bond motifs is 5. The number of hydrogen-bond acceptors (Lipinski definition) is 3. The van der Waals surface area contributed by atoms with Crippen LogP contribution in [0.1, 0.15) is 91.4 Å². The van der Waals surface area contributed by atoms with Crippen LogP contribution in [0, 0.1) is 46.3 Å². The normalized spacial score (nSPS) is 48.5. The minimum Gasteiger partial charge on any atom is -0.368 e. The van der Waals surface area contributed by atoms with Gasteiger partial charge in [0.2, 0.25) is 0 Å². The first kappa shape index (κ1) is 22.5. The maximum Gasteiger partial charge on any atom is 0.151 e. The van der Waals surface area contributed by atoms with Crippen molar-refractivity contribution in [2.45, 2.75) is 104 Å². The zero-order valence-electron chi connectivity index (χ0n) is 19.2. The Hall–Kier alpha value is 0.310. The Balaban J connectivity index is 1.47. The molecular formula is C25H45O3P. The van der Waals surface area contributed by atoms with Crippen molar-refractivity contribution >= 4 is 8.81 Å². The quantitative estimate of drug-likeness (QED) is 0.407. The van der Waals surface area contributed by atoms with Gasteiger partial charge in [0.1, 0.15) is 0 Å². The molecule has 0 radical (unpaired) electrons. The van der Waals surface area contributed by atoms with Crippen molar-refractivity contribution in [3.63, 3.8) is 0 Å². The van der Waals surface area contributed by atoms with Crippen molar-refractivity contribution in [2.24, 2.45) is 46.3 Å². The van der Waals surface area contributed by atoms with Crippen LogP contribution in [0.2, 0.25) is 0 Å². The molecule has 4 aliphatic rings. The van der Waals surface area contributed by atoms with Crippen molar-refractivity contribution in [3.8, 4) is 0 Å². The smallest absolute Gasteiger partial charge is 0.151 e. The highest BCUT2D eigenvalue weighted by molar-refractivity contribution is 7.31. The third-order valence-electron chi connectivity index (χ3n) is 10.5. The molecule has 10 atom stereocenters. The Kier molecular flexibility index (Phi) is 6.74. The second-order valence-corrected chi connectivity index (χ2v) is 12.3. The van der Waals surface area contributed by atoms with Crippen molar-refractivity contribution in [2.75, 3.05) is 6.66 Å². The summed E-state index contributed by atoms with van der Waals surface area (Å²) < 4.78 is 6.07. The third kappa shape index (κ3) is 3.96. The average Bonchev–Trinajstić information content (AvgIpc) is 3.04. The van der Waals surface area contributed by atoms with Gasteiger partial charge in [0.05, 0.1) is 6.10 Å². The number of hydrogen-bond donors (Lipinski definition) is 2. The Labute approximate surface area is 180 Å². The molecule has 0 amide bonds. The van der Waals surface area contributed by atoms with Gasteiger partial charge in [-0.05, 0) is 124 Å². The van der Waals surface area contributed by atoms with E-state index in [4.69, 9.17) is 4.52 Å². The molecule has 0 heterocycles. The van der Waals surface area contributed by atoms with Crippen molar-refractivity contribution in [1.29, 1.82) is 0 Å². The van der Waals surface area contributed by atoms with E-state index in [1.807, 2.05) is 0 Å². The first-order valence-corrected chi connectivity index (χ1v) is 13.9. The molecule has 0 aromatic rings. The van der Waals surface area contributed by atoms with Gasteiger partial charge in [0.25, 0.3) is 0 Å². The van der Waals surface area contributed by atoms with Gasteiger partial charge in [-0.1, -0.05) is 20.8 Å². The van der Waals surface area contributed by atoms with E-state index in [1.54, 1.807) is 0 Å². The van der Waals surface area contributed by atoms with Crippen molar-refractivity contribution < 1.29 is 14.7 Å². The summed E-state index contributed by atoms with van der Waals surface area (Å²) in [5.74, 6) is 5.02. The zero-order valence-corrected chi connectivity index (χ0v) is 20.2. The average molecular weight is 425 g/mol. The summed E-state index contributed by atoms with van der Waals surface area (Å²) in [5, 5.41) is 18.7. The molecular weight excluding hydrogens is 379 g/mol. The molecule has 3 nitrogen and oxygen atoms in total. The topological polar surface area (TPSA) is 49.7 Å². The molecule has 0 aromatic carbocycles. The number of aliphatic hydroxyl groups excluding tert-OH is 1. The van der Waals surface area contributed by atoms with Gasteiger partial charge in [-0.3, -0.25) is 0 Å². The maximum atomic E-state index is 9.33. The summed E-state index contributed by atoms with van der Waals surface area (Å²) in [4.78, 5) is 0. The molecule has 10 unspecified atom stereocenters. The molecule has 168 valence electrons. The molecule has 0 aromatic heterocycles. The van der Waals surface area contributed by atoms with E-state index < -0.39 is 6.29 Å². The van der Waals surface area contributed by atoms with E-state index in [2.05, 4.69) is 27.4 Å². The van der Waals surface area contributed by atoms with E-state index in [9.17, 15) is 10.2 Å². The van der Waals surface area contributed by atoms with Gasteiger partial charge >= 0.3 is 0 Å². The van der Waals surface area contributed by atoms with Crippen LogP contribution in [0.4, 0.5) is 0 Å². The molecule has 0 aliphatic heterocycles. The number of aliphatic hydroxyl groups is 2. The molecule has 4 heteroatoms. The fraction of sp³-hybridized carbons (Fsp3) is 1.00. The van der Waals surface area contributed by atoms with Gasteiger partial charge in [-0.15, -0.1) is 0 Å². The van der Waals surface area contributed by atoms with Crippen LogP contribution < -0.4 is 0 Å². The predicted molar refractivity (Wildman–Crippen MR) is 121 cm³/mol. The maximum absolute atomic E-state index is 9.33. The Morgan fingerprint density at radius 2 is 1.66 bits per heavy atom.